The van der Waals surface area contributed by atoms with E-state index in [1.54, 1.807) is 5.48 Å². The van der Waals surface area contributed by atoms with Gasteiger partial charge in [0.05, 0.1) is 6.61 Å². The largest absolute Gasteiger partial charge is 0.491 e. The lowest BCUT2D eigenvalue weighted by atomic mass is 9.70. The highest BCUT2D eigenvalue weighted by Crippen LogP contribution is 2.41. The number of rotatable bonds is 11. The van der Waals surface area contributed by atoms with Crippen LogP contribution in [0.2, 0.25) is 0 Å². The lowest BCUT2D eigenvalue weighted by molar-refractivity contribution is -0.131. The number of nitrogens with one attached hydrogen (secondary N) is 1. The fourth-order valence-corrected chi connectivity index (χ4v) is 3.87. The second-order valence-electron chi connectivity index (χ2n) is 7.72. The molecule has 0 aliphatic heterocycles. The van der Waals surface area contributed by atoms with Crippen molar-refractivity contribution in [3.63, 3.8) is 0 Å². The Bertz CT molecular complexity index is 878. The molecule has 7 heteroatoms. The summed E-state index contributed by atoms with van der Waals surface area (Å²) in [5, 5.41) is 27.1. The lowest BCUT2D eigenvalue weighted by Crippen LogP contribution is -2.27. The zero-order valence-electron chi connectivity index (χ0n) is 18.6. The van der Waals surface area contributed by atoms with Gasteiger partial charge in [0.1, 0.15) is 24.2 Å². The quantitative estimate of drug-likeness (QED) is 0.322. The second-order valence-corrected chi connectivity index (χ2v) is 7.72. The maximum Gasteiger partial charge on any atom is 0.281 e. The molecule has 0 fully saturated rings. The van der Waals surface area contributed by atoms with Crippen molar-refractivity contribution in [2.45, 2.75) is 52.1 Å². The third kappa shape index (κ3) is 5.76. The molecule has 4 N–H and O–H groups in total. The number of ether oxygens (including phenoxy) is 2. The standard InChI is InChI=1S/C24H33NO6/c1-5-24(6-2,18-7-9-21(16(3)11-18)30-14-20(27)13-26)19-8-10-22(17(4)12-19)31-15-23(28)25-29/h7-12,20,26-27,29H,5-6,13-15H2,1-4H3,(H,25,28). The van der Waals surface area contributed by atoms with Crippen LogP contribution in [0.3, 0.4) is 0 Å². The van der Waals surface area contributed by atoms with Crippen LogP contribution in [0.5, 0.6) is 11.5 Å². The summed E-state index contributed by atoms with van der Waals surface area (Å²) >= 11 is 0. The maximum absolute atomic E-state index is 11.2. The van der Waals surface area contributed by atoms with E-state index < -0.39 is 12.0 Å². The Labute approximate surface area is 183 Å². The summed E-state index contributed by atoms with van der Waals surface area (Å²) in [5.41, 5.74) is 5.53. The minimum absolute atomic E-state index is 0.0400. The Balaban J connectivity index is 2.34. The molecule has 0 saturated carbocycles. The molecule has 0 heterocycles. The third-order valence-corrected chi connectivity index (χ3v) is 5.79. The Morgan fingerprint density at radius 3 is 1.94 bits per heavy atom. The van der Waals surface area contributed by atoms with Crippen LogP contribution in [0, 0.1) is 13.8 Å². The van der Waals surface area contributed by atoms with Gasteiger partial charge in [-0.25, -0.2) is 5.48 Å². The first-order chi connectivity index (χ1) is 14.8. The van der Waals surface area contributed by atoms with Gasteiger partial charge < -0.3 is 19.7 Å². The summed E-state index contributed by atoms with van der Waals surface area (Å²) in [7, 11) is 0. The van der Waals surface area contributed by atoms with Gasteiger partial charge in [-0.15, -0.1) is 0 Å². The van der Waals surface area contributed by atoms with Gasteiger partial charge in [-0.3, -0.25) is 10.0 Å². The SMILES string of the molecule is CCC(CC)(c1ccc(OCC(=O)NO)c(C)c1)c1ccc(OCC(O)CO)c(C)c1. The molecule has 0 bridgehead atoms. The number of aliphatic hydroxyl groups excluding tert-OH is 2. The Morgan fingerprint density at radius 2 is 1.52 bits per heavy atom. The van der Waals surface area contributed by atoms with E-state index >= 15 is 0 Å². The van der Waals surface area contributed by atoms with Crippen molar-refractivity contribution < 1.29 is 29.7 Å². The van der Waals surface area contributed by atoms with E-state index in [2.05, 4.69) is 26.0 Å². The number of hydrogen-bond donors (Lipinski definition) is 4. The molecule has 0 aromatic heterocycles. The monoisotopic (exact) mass is 431 g/mol. The summed E-state index contributed by atoms with van der Waals surface area (Å²) in [6.07, 6.45) is 0.870. The number of benzene rings is 2. The molecule has 1 amide bonds. The van der Waals surface area contributed by atoms with Gasteiger partial charge in [0, 0.05) is 5.41 Å². The molecule has 2 aromatic rings. The van der Waals surface area contributed by atoms with E-state index in [-0.39, 0.29) is 25.2 Å². The molecule has 1 atom stereocenters. The molecular formula is C24H33NO6. The molecule has 2 aromatic carbocycles. The molecule has 1 unspecified atom stereocenters. The van der Waals surface area contributed by atoms with E-state index in [4.69, 9.17) is 19.8 Å². The number of amides is 1. The first kappa shape index (κ1) is 24.7. The van der Waals surface area contributed by atoms with E-state index in [9.17, 15) is 9.90 Å². The van der Waals surface area contributed by atoms with Crippen LogP contribution in [-0.2, 0) is 10.2 Å². The van der Waals surface area contributed by atoms with Crippen LogP contribution >= 0.6 is 0 Å². The number of aliphatic hydroxyl groups is 2. The van der Waals surface area contributed by atoms with Crippen molar-refractivity contribution in [2.75, 3.05) is 19.8 Å². The smallest absolute Gasteiger partial charge is 0.281 e. The van der Waals surface area contributed by atoms with Crippen LogP contribution in [0.15, 0.2) is 36.4 Å². The summed E-state index contributed by atoms with van der Waals surface area (Å²) in [6, 6.07) is 12.0. The van der Waals surface area contributed by atoms with Gasteiger partial charge in [-0.1, -0.05) is 38.1 Å². The van der Waals surface area contributed by atoms with Gasteiger partial charge >= 0.3 is 0 Å². The molecule has 0 saturated heterocycles. The Kier molecular flexibility index (Phi) is 8.86. The summed E-state index contributed by atoms with van der Waals surface area (Å²) in [4.78, 5) is 11.2. The van der Waals surface area contributed by atoms with Crippen molar-refractivity contribution in [1.29, 1.82) is 0 Å². The molecular weight excluding hydrogens is 398 g/mol. The van der Waals surface area contributed by atoms with Gasteiger partial charge in [-0.2, -0.15) is 0 Å². The Morgan fingerprint density at radius 1 is 1.00 bits per heavy atom. The van der Waals surface area contributed by atoms with E-state index in [0.717, 1.165) is 35.1 Å². The summed E-state index contributed by atoms with van der Waals surface area (Å²) < 4.78 is 11.1. The molecule has 170 valence electrons. The number of aryl methyl sites for hydroxylation is 2. The highest BCUT2D eigenvalue weighted by atomic mass is 16.5. The molecule has 0 aliphatic rings. The van der Waals surface area contributed by atoms with E-state index in [1.165, 1.54) is 0 Å². The normalized spacial score (nSPS) is 12.4. The van der Waals surface area contributed by atoms with Gasteiger partial charge in [0.2, 0.25) is 0 Å². The van der Waals surface area contributed by atoms with Crippen LogP contribution in [0.4, 0.5) is 0 Å². The molecule has 0 aliphatic carbocycles. The molecule has 2 rings (SSSR count). The molecule has 0 spiro atoms. The highest BCUT2D eigenvalue weighted by Gasteiger charge is 2.31. The van der Waals surface area contributed by atoms with Crippen LogP contribution in [-0.4, -0.2) is 47.3 Å². The topological polar surface area (TPSA) is 108 Å². The number of carbonyl (C=O) groups excluding carboxylic acids is 1. The third-order valence-electron chi connectivity index (χ3n) is 5.79. The zero-order valence-corrected chi connectivity index (χ0v) is 18.6. The highest BCUT2D eigenvalue weighted by molar-refractivity contribution is 5.76. The summed E-state index contributed by atoms with van der Waals surface area (Å²) in [6.45, 7) is 7.66. The van der Waals surface area contributed by atoms with Gasteiger partial charge in [0.25, 0.3) is 5.91 Å². The van der Waals surface area contributed by atoms with Crippen molar-refractivity contribution in [3.8, 4) is 11.5 Å². The average Bonchev–Trinajstić information content (AvgIpc) is 2.78. The minimum Gasteiger partial charge on any atom is -0.491 e. The van der Waals surface area contributed by atoms with Crippen molar-refractivity contribution >= 4 is 5.91 Å². The second kappa shape index (κ2) is 11.1. The first-order valence-corrected chi connectivity index (χ1v) is 10.5. The van der Waals surface area contributed by atoms with Crippen molar-refractivity contribution in [3.05, 3.63) is 58.7 Å². The predicted molar refractivity (Wildman–Crippen MR) is 118 cm³/mol. The van der Waals surface area contributed by atoms with Crippen LogP contribution in [0.1, 0.15) is 48.9 Å². The molecule has 0 radical (unpaired) electrons. The molecule has 7 nitrogen and oxygen atoms in total. The van der Waals surface area contributed by atoms with E-state index in [0.29, 0.717) is 11.5 Å². The fourth-order valence-electron chi connectivity index (χ4n) is 3.87. The maximum atomic E-state index is 11.2. The number of carbonyl (C=O) groups is 1. The van der Waals surface area contributed by atoms with Crippen LogP contribution in [0.25, 0.3) is 0 Å². The Hall–Kier alpha value is -2.61. The van der Waals surface area contributed by atoms with E-state index in [1.807, 2.05) is 38.1 Å². The molecule has 31 heavy (non-hydrogen) atoms. The first-order valence-electron chi connectivity index (χ1n) is 10.5. The van der Waals surface area contributed by atoms with Gasteiger partial charge in [0.15, 0.2) is 6.61 Å². The zero-order chi connectivity index (χ0) is 23.0. The number of hydroxylamine groups is 1. The van der Waals surface area contributed by atoms with Gasteiger partial charge in [-0.05, 0) is 61.1 Å². The van der Waals surface area contributed by atoms with Crippen molar-refractivity contribution in [1.82, 2.24) is 5.48 Å². The number of hydrogen-bond acceptors (Lipinski definition) is 6. The average molecular weight is 432 g/mol. The minimum atomic E-state index is -0.906. The summed E-state index contributed by atoms with van der Waals surface area (Å²) in [5.74, 6) is 0.666. The fraction of sp³-hybridized carbons (Fsp3) is 0.458. The lowest BCUT2D eigenvalue weighted by Gasteiger charge is -2.34. The van der Waals surface area contributed by atoms with Crippen LogP contribution < -0.4 is 15.0 Å². The van der Waals surface area contributed by atoms with Crippen molar-refractivity contribution in [2.24, 2.45) is 0 Å². The predicted octanol–water partition coefficient (Wildman–Crippen LogP) is 3.03.